The summed E-state index contributed by atoms with van der Waals surface area (Å²) >= 11 is 0.943. The number of amides is 3. The fraction of sp³-hybridized carbons (Fsp3) is 0.133. The van der Waals surface area contributed by atoms with Crippen molar-refractivity contribution in [3.63, 3.8) is 0 Å². The summed E-state index contributed by atoms with van der Waals surface area (Å²) in [5, 5.41) is 12.6. The van der Waals surface area contributed by atoms with Crippen molar-refractivity contribution in [3.05, 3.63) is 46.5 Å². The SMILES string of the molecule is CC(C(=O)Nc1nc(C(=O)O)cs1)N1C(=O)c2ccccc2C1=O. The number of rotatable bonds is 4. The highest BCUT2D eigenvalue weighted by Crippen LogP contribution is 2.25. The number of anilines is 1. The standard InChI is InChI=1S/C15H11N3O5S/c1-7(11(19)17-15-16-10(6-24-15)14(22)23)18-12(20)8-4-2-3-5-9(8)13(18)21/h2-7H,1H3,(H,22,23)(H,16,17,19). The molecule has 2 aromatic rings. The molecule has 1 aromatic heterocycles. The highest BCUT2D eigenvalue weighted by Gasteiger charge is 2.40. The van der Waals surface area contributed by atoms with Gasteiger partial charge in [0.2, 0.25) is 5.91 Å². The number of aromatic carboxylic acids is 1. The molecule has 0 saturated carbocycles. The zero-order valence-electron chi connectivity index (χ0n) is 12.3. The minimum atomic E-state index is -1.21. The molecule has 122 valence electrons. The number of hydrogen-bond donors (Lipinski definition) is 2. The first-order chi connectivity index (χ1) is 11.4. The topological polar surface area (TPSA) is 117 Å². The van der Waals surface area contributed by atoms with E-state index in [4.69, 9.17) is 5.11 Å². The Hall–Kier alpha value is -3.07. The molecule has 0 fully saturated rings. The van der Waals surface area contributed by atoms with E-state index in [1.165, 1.54) is 24.4 Å². The minimum Gasteiger partial charge on any atom is -0.476 e. The van der Waals surface area contributed by atoms with E-state index in [1.54, 1.807) is 12.1 Å². The number of imide groups is 1. The molecule has 3 rings (SSSR count). The number of fused-ring (bicyclic) bond motifs is 1. The number of nitrogens with one attached hydrogen (secondary N) is 1. The lowest BCUT2D eigenvalue weighted by Crippen LogP contribution is -2.45. The zero-order valence-corrected chi connectivity index (χ0v) is 13.2. The van der Waals surface area contributed by atoms with E-state index >= 15 is 0 Å². The fourth-order valence-corrected chi connectivity index (χ4v) is 3.00. The second-order valence-corrected chi connectivity index (χ2v) is 5.89. The van der Waals surface area contributed by atoms with Gasteiger partial charge < -0.3 is 10.4 Å². The predicted octanol–water partition coefficient (Wildman–Crippen LogP) is 1.46. The maximum Gasteiger partial charge on any atom is 0.355 e. The van der Waals surface area contributed by atoms with Gasteiger partial charge in [-0.2, -0.15) is 0 Å². The van der Waals surface area contributed by atoms with Gasteiger partial charge in [-0.25, -0.2) is 9.78 Å². The van der Waals surface area contributed by atoms with Crippen molar-refractivity contribution < 1.29 is 24.3 Å². The van der Waals surface area contributed by atoms with Crippen LogP contribution < -0.4 is 5.32 Å². The van der Waals surface area contributed by atoms with Gasteiger partial charge in [-0.1, -0.05) is 12.1 Å². The Kier molecular flexibility index (Phi) is 3.86. The average Bonchev–Trinajstić information content (AvgIpc) is 3.12. The Labute approximate surface area is 139 Å². The van der Waals surface area contributed by atoms with E-state index in [-0.39, 0.29) is 22.0 Å². The summed E-state index contributed by atoms with van der Waals surface area (Å²) in [6.45, 7) is 1.42. The number of carboxylic acids is 1. The molecule has 1 atom stereocenters. The van der Waals surface area contributed by atoms with Crippen LogP contribution in [0.2, 0.25) is 0 Å². The Bertz CT molecular complexity index is 840. The number of carboxylic acid groups (broad SMARTS) is 1. The van der Waals surface area contributed by atoms with Crippen LogP contribution in [-0.4, -0.2) is 44.7 Å². The lowest BCUT2D eigenvalue weighted by Gasteiger charge is -2.21. The monoisotopic (exact) mass is 345 g/mol. The van der Waals surface area contributed by atoms with Crippen LogP contribution in [0.4, 0.5) is 5.13 Å². The molecule has 9 heteroatoms. The Balaban J connectivity index is 1.78. The summed E-state index contributed by atoms with van der Waals surface area (Å²) in [6.07, 6.45) is 0. The molecule has 1 unspecified atom stereocenters. The zero-order chi connectivity index (χ0) is 17.4. The highest BCUT2D eigenvalue weighted by molar-refractivity contribution is 7.14. The van der Waals surface area contributed by atoms with Crippen molar-refractivity contribution >= 4 is 40.2 Å². The number of benzene rings is 1. The van der Waals surface area contributed by atoms with Crippen LogP contribution in [-0.2, 0) is 4.79 Å². The van der Waals surface area contributed by atoms with Gasteiger partial charge in [0.05, 0.1) is 11.1 Å². The number of thiazole rings is 1. The van der Waals surface area contributed by atoms with E-state index < -0.39 is 29.7 Å². The fourth-order valence-electron chi connectivity index (χ4n) is 2.32. The van der Waals surface area contributed by atoms with Crippen LogP contribution in [0, 0.1) is 0 Å². The molecule has 0 aliphatic carbocycles. The van der Waals surface area contributed by atoms with Crippen LogP contribution in [0.5, 0.6) is 0 Å². The van der Waals surface area contributed by atoms with Crippen molar-refractivity contribution in [2.75, 3.05) is 5.32 Å². The molecular formula is C15H11N3O5S. The molecule has 1 aliphatic heterocycles. The third-order valence-electron chi connectivity index (χ3n) is 3.55. The predicted molar refractivity (Wildman–Crippen MR) is 84.1 cm³/mol. The Morgan fingerprint density at radius 3 is 2.29 bits per heavy atom. The molecule has 1 aliphatic rings. The van der Waals surface area contributed by atoms with Crippen molar-refractivity contribution in [1.82, 2.24) is 9.88 Å². The molecule has 24 heavy (non-hydrogen) atoms. The van der Waals surface area contributed by atoms with E-state index in [0.717, 1.165) is 16.2 Å². The summed E-state index contributed by atoms with van der Waals surface area (Å²) in [4.78, 5) is 52.4. The van der Waals surface area contributed by atoms with Gasteiger partial charge >= 0.3 is 5.97 Å². The summed E-state index contributed by atoms with van der Waals surface area (Å²) < 4.78 is 0. The molecular weight excluding hydrogens is 334 g/mol. The van der Waals surface area contributed by atoms with Gasteiger partial charge in [-0.3, -0.25) is 19.3 Å². The Morgan fingerprint density at radius 2 is 1.79 bits per heavy atom. The first-order valence-corrected chi connectivity index (χ1v) is 7.74. The largest absolute Gasteiger partial charge is 0.476 e. The quantitative estimate of drug-likeness (QED) is 0.810. The first kappa shape index (κ1) is 15.8. The molecule has 8 nitrogen and oxygen atoms in total. The highest BCUT2D eigenvalue weighted by atomic mass is 32.1. The molecule has 0 spiro atoms. The molecule has 0 bridgehead atoms. The third kappa shape index (κ3) is 2.54. The third-order valence-corrected chi connectivity index (χ3v) is 4.30. The van der Waals surface area contributed by atoms with E-state index in [2.05, 4.69) is 10.3 Å². The maximum atomic E-state index is 12.3. The molecule has 3 amide bonds. The van der Waals surface area contributed by atoms with Gasteiger partial charge in [0, 0.05) is 5.38 Å². The number of carbonyl (C=O) groups excluding carboxylic acids is 3. The van der Waals surface area contributed by atoms with Crippen LogP contribution in [0.15, 0.2) is 29.6 Å². The Morgan fingerprint density at radius 1 is 1.21 bits per heavy atom. The van der Waals surface area contributed by atoms with Gasteiger partial charge in [-0.05, 0) is 19.1 Å². The smallest absolute Gasteiger partial charge is 0.355 e. The van der Waals surface area contributed by atoms with Crippen LogP contribution in [0.1, 0.15) is 38.1 Å². The normalized spacial score (nSPS) is 14.5. The maximum absolute atomic E-state index is 12.3. The van der Waals surface area contributed by atoms with Gasteiger partial charge in [-0.15, -0.1) is 11.3 Å². The lowest BCUT2D eigenvalue weighted by atomic mass is 10.1. The second kappa shape index (κ2) is 5.85. The average molecular weight is 345 g/mol. The summed E-state index contributed by atoms with van der Waals surface area (Å²) in [5.41, 5.74) is 0.317. The summed E-state index contributed by atoms with van der Waals surface area (Å²) in [6, 6.07) is 5.28. The van der Waals surface area contributed by atoms with Crippen LogP contribution in [0.25, 0.3) is 0 Å². The molecule has 1 aromatic carbocycles. The molecule has 2 N–H and O–H groups in total. The van der Waals surface area contributed by atoms with Crippen LogP contribution >= 0.6 is 11.3 Å². The second-order valence-electron chi connectivity index (χ2n) is 5.03. The van der Waals surface area contributed by atoms with E-state index in [0.29, 0.717) is 0 Å². The molecule has 0 saturated heterocycles. The first-order valence-electron chi connectivity index (χ1n) is 6.86. The number of carbonyl (C=O) groups is 4. The lowest BCUT2D eigenvalue weighted by molar-refractivity contribution is -0.119. The van der Waals surface area contributed by atoms with E-state index in [1.807, 2.05) is 0 Å². The number of aromatic nitrogens is 1. The van der Waals surface area contributed by atoms with Crippen molar-refractivity contribution in [2.24, 2.45) is 0 Å². The number of nitrogens with zero attached hydrogens (tertiary/aromatic N) is 2. The number of hydrogen-bond acceptors (Lipinski definition) is 6. The van der Waals surface area contributed by atoms with E-state index in [9.17, 15) is 19.2 Å². The minimum absolute atomic E-state index is 0.0841. The van der Waals surface area contributed by atoms with Gasteiger partial charge in [0.25, 0.3) is 11.8 Å². The summed E-state index contributed by atoms with van der Waals surface area (Å²) in [5.74, 6) is -2.91. The van der Waals surface area contributed by atoms with Gasteiger partial charge in [0.1, 0.15) is 6.04 Å². The molecule has 0 radical (unpaired) electrons. The van der Waals surface area contributed by atoms with Gasteiger partial charge in [0.15, 0.2) is 10.8 Å². The van der Waals surface area contributed by atoms with Crippen LogP contribution in [0.3, 0.4) is 0 Å². The molecule has 2 heterocycles. The van der Waals surface area contributed by atoms with Crippen molar-refractivity contribution in [1.29, 1.82) is 0 Å². The summed E-state index contributed by atoms with van der Waals surface area (Å²) in [7, 11) is 0. The van der Waals surface area contributed by atoms with Crippen molar-refractivity contribution in [3.8, 4) is 0 Å². The van der Waals surface area contributed by atoms with Crippen molar-refractivity contribution in [2.45, 2.75) is 13.0 Å².